The number of benzene rings is 1. The van der Waals surface area contributed by atoms with Crippen molar-refractivity contribution in [1.82, 2.24) is 34.7 Å². The van der Waals surface area contributed by atoms with E-state index in [2.05, 4.69) is 45.9 Å². The third kappa shape index (κ3) is 3.24. The van der Waals surface area contributed by atoms with Crippen LogP contribution in [0.4, 0.5) is 5.82 Å². The summed E-state index contributed by atoms with van der Waals surface area (Å²) >= 11 is 9.75. The summed E-state index contributed by atoms with van der Waals surface area (Å²) in [5.41, 5.74) is 0.788. The zero-order valence-corrected chi connectivity index (χ0v) is 16.8. The normalized spacial score (nSPS) is 12.3. The average molecular weight is 446 g/mol. The lowest BCUT2D eigenvalue weighted by Crippen LogP contribution is -2.26. The smallest absolute Gasteiger partial charge is 0.252 e. The van der Waals surface area contributed by atoms with Crippen LogP contribution in [0.1, 0.15) is 18.8 Å². The average Bonchev–Trinajstić information content (AvgIpc) is 3.17. The van der Waals surface area contributed by atoms with Crippen molar-refractivity contribution >= 4 is 44.3 Å². The van der Waals surface area contributed by atoms with E-state index < -0.39 is 0 Å². The Kier molecular flexibility index (Phi) is 4.71. The molecule has 3 aromatic heterocycles. The highest BCUT2D eigenvalue weighted by atomic mass is 79.9. The van der Waals surface area contributed by atoms with Gasteiger partial charge in [-0.3, -0.25) is 0 Å². The maximum absolute atomic E-state index is 6.24. The molecule has 1 atom stereocenters. The number of nitrogens with zero attached hydrogens (tertiary/aromatic N) is 8. The van der Waals surface area contributed by atoms with Gasteiger partial charge in [-0.2, -0.15) is 9.78 Å². The lowest BCUT2D eigenvalue weighted by molar-refractivity contribution is 0.633. The summed E-state index contributed by atoms with van der Waals surface area (Å²) in [5, 5.41) is 5.71. The topological polar surface area (TPSA) is 85.5 Å². The molecule has 136 valence electrons. The minimum absolute atomic E-state index is 0.160. The molecular formula is C17H14BrClN8. The molecule has 0 N–H and O–H groups in total. The first-order valence-corrected chi connectivity index (χ1v) is 9.23. The summed E-state index contributed by atoms with van der Waals surface area (Å²) in [6.45, 7) is 2.01. The summed E-state index contributed by atoms with van der Waals surface area (Å²) in [5.74, 6) is 1.89. The molecule has 8 nitrogen and oxygen atoms in total. The van der Waals surface area contributed by atoms with E-state index in [4.69, 9.17) is 11.6 Å². The number of hydrogen-bond acceptors (Lipinski definition) is 7. The van der Waals surface area contributed by atoms with Crippen molar-refractivity contribution in [3.05, 3.63) is 58.6 Å². The zero-order valence-electron chi connectivity index (χ0n) is 14.5. The van der Waals surface area contributed by atoms with Crippen LogP contribution in [-0.2, 0) is 0 Å². The number of fused-ring (bicyclic) bond motifs is 1. The molecule has 0 saturated carbocycles. The highest BCUT2D eigenvalue weighted by Gasteiger charge is 2.23. The molecule has 1 aromatic carbocycles. The van der Waals surface area contributed by atoms with Gasteiger partial charge >= 0.3 is 0 Å². The molecule has 4 rings (SSSR count). The van der Waals surface area contributed by atoms with Crippen LogP contribution in [0.15, 0.2) is 47.7 Å². The zero-order chi connectivity index (χ0) is 19.0. The summed E-state index contributed by atoms with van der Waals surface area (Å²) in [6.07, 6.45) is 6.35. The van der Waals surface area contributed by atoms with Gasteiger partial charge < -0.3 is 4.90 Å². The minimum atomic E-state index is -0.160. The molecule has 0 aliphatic rings. The second-order valence-corrected chi connectivity index (χ2v) is 7.14. The van der Waals surface area contributed by atoms with Gasteiger partial charge in [0.05, 0.1) is 11.6 Å². The van der Waals surface area contributed by atoms with Crippen LogP contribution < -0.4 is 4.90 Å². The predicted octanol–water partition coefficient (Wildman–Crippen LogP) is 3.61. The molecule has 0 amide bonds. The second kappa shape index (κ2) is 7.16. The molecule has 0 bridgehead atoms. The largest absolute Gasteiger partial charge is 0.349 e. The molecule has 0 saturated heterocycles. The van der Waals surface area contributed by atoms with Crippen molar-refractivity contribution in [3.8, 4) is 5.95 Å². The monoisotopic (exact) mass is 444 g/mol. The van der Waals surface area contributed by atoms with Crippen molar-refractivity contribution in [3.63, 3.8) is 0 Å². The molecule has 10 heteroatoms. The molecule has 3 heterocycles. The standard InChI is InChI=1S/C17H14BrClN8/c1-10(15-24-9-25-27(15)17-20-4-3-5-21-17)26(2)16-12-6-11(19)7-13(18)14(12)22-8-23-16/h3-10H,1-2H3. The van der Waals surface area contributed by atoms with E-state index in [0.717, 1.165) is 21.2 Å². The molecule has 0 aliphatic heterocycles. The Bertz CT molecular complexity index is 1100. The molecule has 27 heavy (non-hydrogen) atoms. The predicted molar refractivity (Wildman–Crippen MR) is 106 cm³/mol. The maximum Gasteiger partial charge on any atom is 0.252 e. The lowest BCUT2D eigenvalue weighted by Gasteiger charge is -2.26. The van der Waals surface area contributed by atoms with E-state index in [-0.39, 0.29) is 6.04 Å². The highest BCUT2D eigenvalue weighted by molar-refractivity contribution is 9.10. The lowest BCUT2D eigenvalue weighted by atomic mass is 10.2. The van der Waals surface area contributed by atoms with Gasteiger partial charge in [-0.05, 0) is 41.1 Å². The van der Waals surface area contributed by atoms with Gasteiger partial charge in [0.1, 0.15) is 18.5 Å². The van der Waals surface area contributed by atoms with Crippen molar-refractivity contribution in [2.24, 2.45) is 0 Å². The van der Waals surface area contributed by atoms with Gasteiger partial charge in [-0.1, -0.05) is 11.6 Å². The first-order chi connectivity index (χ1) is 13.1. The molecule has 0 spiro atoms. The highest BCUT2D eigenvalue weighted by Crippen LogP contribution is 2.33. The fraction of sp³-hybridized carbons (Fsp3) is 0.176. The van der Waals surface area contributed by atoms with Crippen LogP contribution in [0.3, 0.4) is 0 Å². The summed E-state index contributed by atoms with van der Waals surface area (Å²) in [4.78, 5) is 23.7. The summed E-state index contributed by atoms with van der Waals surface area (Å²) in [6, 6.07) is 5.26. The molecule has 0 fully saturated rings. The number of hydrogen-bond donors (Lipinski definition) is 0. The van der Waals surface area contributed by atoms with Gasteiger partial charge in [-0.25, -0.2) is 24.9 Å². The van der Waals surface area contributed by atoms with Crippen LogP contribution in [0.2, 0.25) is 5.02 Å². The van der Waals surface area contributed by atoms with Gasteiger partial charge in [-0.15, -0.1) is 0 Å². The fourth-order valence-corrected chi connectivity index (χ4v) is 3.72. The Morgan fingerprint density at radius 3 is 2.63 bits per heavy atom. The van der Waals surface area contributed by atoms with E-state index in [1.54, 1.807) is 23.1 Å². The SMILES string of the molecule is CC(c1ncnn1-c1ncccn1)N(C)c1ncnc2c(Br)cc(Cl)cc12. The van der Waals surface area contributed by atoms with Crippen LogP contribution in [-0.4, -0.2) is 41.7 Å². The van der Waals surface area contributed by atoms with Crippen molar-refractivity contribution in [1.29, 1.82) is 0 Å². The van der Waals surface area contributed by atoms with E-state index in [1.807, 2.05) is 31.0 Å². The molecule has 1 unspecified atom stereocenters. The van der Waals surface area contributed by atoms with Crippen LogP contribution in [0, 0.1) is 0 Å². The Morgan fingerprint density at radius 1 is 1.07 bits per heavy atom. The minimum Gasteiger partial charge on any atom is -0.349 e. The Hall–Kier alpha value is -2.65. The fourth-order valence-electron chi connectivity index (χ4n) is 2.81. The number of anilines is 1. The molecule has 4 aromatic rings. The van der Waals surface area contributed by atoms with Crippen molar-refractivity contribution < 1.29 is 0 Å². The molecular weight excluding hydrogens is 432 g/mol. The van der Waals surface area contributed by atoms with Gasteiger partial charge in [0.15, 0.2) is 5.82 Å². The van der Waals surface area contributed by atoms with Crippen LogP contribution >= 0.6 is 27.5 Å². The first kappa shape index (κ1) is 17.7. The maximum atomic E-state index is 6.24. The summed E-state index contributed by atoms with van der Waals surface area (Å²) < 4.78 is 2.43. The van der Waals surface area contributed by atoms with E-state index in [0.29, 0.717) is 16.8 Å². The van der Waals surface area contributed by atoms with Gasteiger partial charge in [0.25, 0.3) is 5.95 Å². The Balaban J connectivity index is 1.78. The second-order valence-electron chi connectivity index (χ2n) is 5.85. The number of rotatable bonds is 4. The van der Waals surface area contributed by atoms with E-state index in [9.17, 15) is 0 Å². The quantitative estimate of drug-likeness (QED) is 0.474. The van der Waals surface area contributed by atoms with E-state index >= 15 is 0 Å². The number of halogens is 2. The van der Waals surface area contributed by atoms with Crippen molar-refractivity contribution in [2.75, 3.05) is 11.9 Å². The third-order valence-electron chi connectivity index (χ3n) is 4.24. The molecule has 0 radical (unpaired) electrons. The van der Waals surface area contributed by atoms with Gasteiger partial charge in [0, 0.05) is 34.3 Å². The molecule has 0 aliphatic carbocycles. The van der Waals surface area contributed by atoms with Crippen molar-refractivity contribution in [2.45, 2.75) is 13.0 Å². The van der Waals surface area contributed by atoms with E-state index in [1.165, 1.54) is 12.7 Å². The third-order valence-corrected chi connectivity index (χ3v) is 5.06. The first-order valence-electron chi connectivity index (χ1n) is 8.06. The Morgan fingerprint density at radius 2 is 1.85 bits per heavy atom. The Labute approximate surface area is 168 Å². The van der Waals surface area contributed by atoms with Crippen LogP contribution in [0.25, 0.3) is 16.9 Å². The number of aromatic nitrogens is 7. The van der Waals surface area contributed by atoms with Crippen LogP contribution in [0.5, 0.6) is 0 Å². The summed E-state index contributed by atoms with van der Waals surface area (Å²) in [7, 11) is 1.94. The van der Waals surface area contributed by atoms with Gasteiger partial charge in [0.2, 0.25) is 0 Å².